The summed E-state index contributed by atoms with van der Waals surface area (Å²) in [6.07, 6.45) is 3.75. The Kier molecular flexibility index (Phi) is 6.22. The normalized spacial score (nSPS) is 13.2. The van der Waals surface area contributed by atoms with E-state index in [1.807, 2.05) is 13.0 Å². The van der Waals surface area contributed by atoms with Gasteiger partial charge in [-0.05, 0) is 67.1 Å². The van der Waals surface area contributed by atoms with Crippen molar-refractivity contribution in [1.82, 2.24) is 10.1 Å². The Bertz CT molecular complexity index is 1590. The first-order valence-electron chi connectivity index (χ1n) is 11.9. The maximum absolute atomic E-state index is 15.2. The molecule has 2 aromatic heterocycles. The Morgan fingerprint density at radius 3 is 2.57 bits per heavy atom. The van der Waals surface area contributed by atoms with Crippen molar-refractivity contribution >= 4 is 34.0 Å². The molecule has 1 saturated carbocycles. The number of ether oxygens (including phenoxy) is 2. The van der Waals surface area contributed by atoms with Crippen LogP contribution in [-0.4, -0.2) is 10.1 Å². The second-order valence-electron chi connectivity index (χ2n) is 9.07. The molecule has 0 N–H and O–H groups in total. The van der Waals surface area contributed by atoms with Crippen LogP contribution in [0.5, 0.6) is 17.4 Å². The van der Waals surface area contributed by atoms with Gasteiger partial charge in [-0.2, -0.15) is 0 Å². The molecule has 0 atom stereocenters. The minimum atomic E-state index is -0.461. The van der Waals surface area contributed by atoms with Crippen LogP contribution in [0.4, 0.5) is 4.39 Å². The van der Waals surface area contributed by atoms with Crippen LogP contribution >= 0.6 is 23.2 Å². The number of hydrogen-bond acceptors (Lipinski definition) is 5. The third kappa shape index (κ3) is 4.75. The SMILES string of the molecule is Cc1ccc(Oc2ccc3cc(OCc4c(-c5c(Cl)cccc5Cl)noc4C4CC4)ccc3c2F)nc1. The van der Waals surface area contributed by atoms with E-state index < -0.39 is 5.82 Å². The number of hydrogen-bond donors (Lipinski definition) is 0. The summed E-state index contributed by atoms with van der Waals surface area (Å²) in [5, 5.41) is 6.38. The van der Waals surface area contributed by atoms with Crippen LogP contribution in [0.3, 0.4) is 0 Å². The maximum atomic E-state index is 15.2. The summed E-state index contributed by atoms with van der Waals surface area (Å²) in [4.78, 5) is 4.18. The maximum Gasteiger partial charge on any atom is 0.219 e. The summed E-state index contributed by atoms with van der Waals surface area (Å²) in [5.74, 6) is 1.67. The molecule has 0 aliphatic heterocycles. The molecule has 0 amide bonds. The first-order chi connectivity index (χ1) is 18.0. The third-order valence-corrected chi connectivity index (χ3v) is 6.97. The molecule has 0 saturated heterocycles. The smallest absolute Gasteiger partial charge is 0.219 e. The first kappa shape index (κ1) is 23.8. The number of fused-ring (bicyclic) bond motifs is 1. The van der Waals surface area contributed by atoms with Crippen LogP contribution in [-0.2, 0) is 6.61 Å². The molecule has 1 aliphatic rings. The average molecular weight is 535 g/mol. The molecule has 1 fully saturated rings. The topological polar surface area (TPSA) is 57.4 Å². The van der Waals surface area contributed by atoms with Gasteiger partial charge >= 0.3 is 0 Å². The van der Waals surface area contributed by atoms with Crippen molar-refractivity contribution in [1.29, 1.82) is 0 Å². The van der Waals surface area contributed by atoms with Crippen LogP contribution in [0.1, 0.15) is 35.6 Å². The van der Waals surface area contributed by atoms with Crippen LogP contribution < -0.4 is 9.47 Å². The van der Waals surface area contributed by atoms with Crippen molar-refractivity contribution in [2.45, 2.75) is 32.3 Å². The molecule has 8 heteroatoms. The number of rotatable bonds is 7. The van der Waals surface area contributed by atoms with E-state index in [9.17, 15) is 0 Å². The van der Waals surface area contributed by atoms with Crippen molar-refractivity contribution in [2.75, 3.05) is 0 Å². The Morgan fingerprint density at radius 1 is 1.03 bits per heavy atom. The largest absolute Gasteiger partial charge is 0.489 e. The van der Waals surface area contributed by atoms with Gasteiger partial charge in [0.25, 0.3) is 0 Å². The van der Waals surface area contributed by atoms with E-state index in [0.29, 0.717) is 49.6 Å². The lowest BCUT2D eigenvalue weighted by molar-refractivity contribution is 0.301. The van der Waals surface area contributed by atoms with Gasteiger partial charge in [0.1, 0.15) is 23.8 Å². The van der Waals surface area contributed by atoms with Crippen LogP contribution in [0, 0.1) is 12.7 Å². The molecule has 0 unspecified atom stereocenters. The van der Waals surface area contributed by atoms with Gasteiger partial charge in [0.2, 0.25) is 5.88 Å². The van der Waals surface area contributed by atoms with E-state index in [0.717, 1.165) is 29.7 Å². The van der Waals surface area contributed by atoms with Gasteiger partial charge in [-0.15, -0.1) is 0 Å². The molecule has 186 valence electrons. The van der Waals surface area contributed by atoms with E-state index >= 15 is 4.39 Å². The molecule has 5 nitrogen and oxygen atoms in total. The highest BCUT2D eigenvalue weighted by Gasteiger charge is 2.33. The Morgan fingerprint density at radius 2 is 1.84 bits per heavy atom. The number of pyridine rings is 1. The second-order valence-corrected chi connectivity index (χ2v) is 9.88. The number of halogens is 3. The van der Waals surface area contributed by atoms with Crippen molar-refractivity contribution in [3.8, 4) is 28.6 Å². The van der Waals surface area contributed by atoms with E-state index in [1.165, 1.54) is 0 Å². The molecule has 0 radical (unpaired) electrons. The predicted octanol–water partition coefficient (Wildman–Crippen LogP) is 8.89. The van der Waals surface area contributed by atoms with Crippen LogP contribution in [0.15, 0.2) is 71.4 Å². The first-order valence-corrected chi connectivity index (χ1v) is 12.6. The lowest BCUT2D eigenvalue weighted by Crippen LogP contribution is -2.00. The fourth-order valence-electron chi connectivity index (χ4n) is 4.25. The van der Waals surface area contributed by atoms with Gasteiger partial charge in [-0.3, -0.25) is 0 Å². The summed E-state index contributed by atoms with van der Waals surface area (Å²) in [6, 6.07) is 17.5. The Balaban J connectivity index is 1.27. The molecule has 37 heavy (non-hydrogen) atoms. The fraction of sp³-hybridized carbons (Fsp3) is 0.172. The van der Waals surface area contributed by atoms with Crippen LogP contribution in [0.25, 0.3) is 22.0 Å². The van der Waals surface area contributed by atoms with Crippen molar-refractivity contribution in [2.24, 2.45) is 0 Å². The molecular weight excluding hydrogens is 514 g/mol. The highest BCUT2D eigenvalue weighted by atomic mass is 35.5. The molecular formula is C29H21Cl2FN2O3. The monoisotopic (exact) mass is 534 g/mol. The van der Waals surface area contributed by atoms with E-state index in [-0.39, 0.29) is 12.4 Å². The van der Waals surface area contributed by atoms with Crippen LogP contribution in [0.2, 0.25) is 10.0 Å². The van der Waals surface area contributed by atoms with Gasteiger partial charge in [0.05, 0.1) is 15.6 Å². The number of aryl methyl sites for hydroxylation is 1. The lowest BCUT2D eigenvalue weighted by atomic mass is 10.0. The summed E-state index contributed by atoms with van der Waals surface area (Å²) < 4.78 is 32.7. The second kappa shape index (κ2) is 9.69. The minimum absolute atomic E-state index is 0.109. The molecule has 0 spiro atoms. The summed E-state index contributed by atoms with van der Waals surface area (Å²) in [5.41, 5.74) is 3.02. The number of aromatic nitrogens is 2. The minimum Gasteiger partial charge on any atom is -0.489 e. The molecule has 5 aromatic rings. The average Bonchev–Trinajstić information content (AvgIpc) is 3.66. The van der Waals surface area contributed by atoms with Crippen molar-refractivity contribution in [3.05, 3.63) is 99.6 Å². The summed E-state index contributed by atoms with van der Waals surface area (Å²) in [7, 11) is 0. The zero-order valence-corrected chi connectivity index (χ0v) is 21.3. The number of nitrogens with zero attached hydrogens (tertiary/aromatic N) is 2. The summed E-state index contributed by atoms with van der Waals surface area (Å²) in [6.45, 7) is 2.14. The van der Waals surface area contributed by atoms with Gasteiger partial charge in [-0.1, -0.05) is 46.6 Å². The fourth-order valence-corrected chi connectivity index (χ4v) is 4.83. The zero-order chi connectivity index (χ0) is 25.5. The molecule has 6 rings (SSSR count). The van der Waals surface area contributed by atoms with E-state index in [2.05, 4.69) is 10.1 Å². The summed E-state index contributed by atoms with van der Waals surface area (Å²) >= 11 is 12.9. The van der Waals surface area contributed by atoms with E-state index in [4.69, 9.17) is 37.2 Å². The van der Waals surface area contributed by atoms with Crippen molar-refractivity contribution < 1.29 is 18.4 Å². The quantitative estimate of drug-likeness (QED) is 0.208. The Hall–Kier alpha value is -3.61. The Labute approximate surface area is 222 Å². The van der Waals surface area contributed by atoms with Crippen molar-refractivity contribution in [3.63, 3.8) is 0 Å². The highest BCUT2D eigenvalue weighted by Crippen LogP contribution is 2.46. The van der Waals surface area contributed by atoms with Gasteiger partial charge < -0.3 is 14.0 Å². The van der Waals surface area contributed by atoms with Gasteiger partial charge in [0.15, 0.2) is 11.6 Å². The standard InChI is InChI=1S/C29H21Cl2FN2O3/c1-16-5-12-25(33-14-16)36-24-11-8-18-13-19(9-10-20(18)27(24)32)35-15-21-28(34-37-29(21)17-6-7-17)26-22(30)3-2-4-23(26)31/h2-5,8-14,17H,6-7,15H2,1H3. The van der Waals surface area contributed by atoms with E-state index in [1.54, 1.807) is 60.8 Å². The molecule has 3 aromatic carbocycles. The molecule has 1 aliphatic carbocycles. The van der Waals surface area contributed by atoms with Gasteiger partial charge in [0, 0.05) is 29.1 Å². The zero-order valence-electron chi connectivity index (χ0n) is 19.8. The predicted molar refractivity (Wildman–Crippen MR) is 141 cm³/mol. The van der Waals surface area contributed by atoms with Gasteiger partial charge in [-0.25, -0.2) is 9.37 Å². The lowest BCUT2D eigenvalue weighted by Gasteiger charge is -2.11. The highest BCUT2D eigenvalue weighted by molar-refractivity contribution is 6.39. The number of benzene rings is 3. The molecule has 2 heterocycles. The third-order valence-electron chi connectivity index (χ3n) is 6.34. The molecule has 0 bridgehead atoms.